The molecule has 6 nitrogen and oxygen atoms in total. The Hall–Kier alpha value is -2.15. The minimum Gasteiger partial charge on any atom is -0.354 e. The highest BCUT2D eigenvalue weighted by Gasteiger charge is 2.09. The van der Waals surface area contributed by atoms with E-state index in [1.807, 2.05) is 16.8 Å². The fourth-order valence-corrected chi connectivity index (χ4v) is 2.31. The van der Waals surface area contributed by atoms with Crippen LogP contribution in [0.3, 0.4) is 0 Å². The van der Waals surface area contributed by atoms with Gasteiger partial charge in [-0.3, -0.25) is 5.10 Å². The Kier molecular flexibility index (Phi) is 3.28. The van der Waals surface area contributed by atoms with Gasteiger partial charge in [0.1, 0.15) is 5.82 Å². The Balaban J connectivity index is 1.97. The molecule has 19 heavy (non-hydrogen) atoms. The summed E-state index contributed by atoms with van der Waals surface area (Å²) in [6, 6.07) is 2.01. The molecular weight excluding hydrogens is 260 g/mol. The molecule has 3 rings (SSSR count). The van der Waals surface area contributed by atoms with E-state index in [0.29, 0.717) is 5.95 Å². The Morgan fingerprint density at radius 3 is 3.11 bits per heavy atom. The summed E-state index contributed by atoms with van der Waals surface area (Å²) in [5.74, 6) is 1.37. The molecule has 7 heteroatoms. The van der Waals surface area contributed by atoms with Crippen molar-refractivity contribution in [3.63, 3.8) is 0 Å². The minimum atomic E-state index is 0.608. The third-order valence-corrected chi connectivity index (χ3v) is 3.31. The predicted octanol–water partition coefficient (Wildman–Crippen LogP) is 2.98. The van der Waals surface area contributed by atoms with Crippen molar-refractivity contribution < 1.29 is 0 Å². The number of thiophene rings is 1. The molecule has 0 saturated heterocycles. The second-order valence-electron chi connectivity index (χ2n) is 4.09. The van der Waals surface area contributed by atoms with Crippen LogP contribution >= 0.6 is 11.3 Å². The summed E-state index contributed by atoms with van der Waals surface area (Å²) in [4.78, 5) is 8.88. The van der Waals surface area contributed by atoms with Crippen LogP contribution in [0.25, 0.3) is 11.0 Å². The molecule has 0 fully saturated rings. The second kappa shape index (κ2) is 5.23. The van der Waals surface area contributed by atoms with E-state index in [1.165, 1.54) is 0 Å². The molecule has 0 aliphatic heterocycles. The van der Waals surface area contributed by atoms with Crippen LogP contribution in [0, 0.1) is 0 Å². The van der Waals surface area contributed by atoms with Gasteiger partial charge in [0.2, 0.25) is 5.95 Å². The van der Waals surface area contributed by atoms with E-state index in [2.05, 4.69) is 37.7 Å². The minimum absolute atomic E-state index is 0.608. The van der Waals surface area contributed by atoms with Crippen molar-refractivity contribution in [3.8, 4) is 0 Å². The maximum Gasteiger partial charge on any atom is 0.226 e. The molecule has 0 saturated carbocycles. The summed E-state index contributed by atoms with van der Waals surface area (Å²) in [5.41, 5.74) is 1.75. The molecule has 0 aromatic carbocycles. The van der Waals surface area contributed by atoms with E-state index in [1.54, 1.807) is 17.5 Å². The number of anilines is 3. The van der Waals surface area contributed by atoms with Gasteiger partial charge in [0.15, 0.2) is 5.65 Å². The number of aromatic nitrogens is 4. The van der Waals surface area contributed by atoms with Gasteiger partial charge in [0.25, 0.3) is 0 Å². The number of hydrogen-bond acceptors (Lipinski definition) is 6. The zero-order valence-electron chi connectivity index (χ0n) is 10.5. The average Bonchev–Trinajstić information content (AvgIpc) is 3.06. The Bertz CT molecular complexity index is 660. The quantitative estimate of drug-likeness (QED) is 0.666. The molecule has 0 bridgehead atoms. The lowest BCUT2D eigenvalue weighted by molar-refractivity contribution is 0.955. The van der Waals surface area contributed by atoms with Gasteiger partial charge in [-0.2, -0.15) is 26.4 Å². The van der Waals surface area contributed by atoms with E-state index in [0.717, 1.165) is 35.5 Å². The van der Waals surface area contributed by atoms with Crippen LogP contribution in [0.15, 0.2) is 23.0 Å². The van der Waals surface area contributed by atoms with Crippen LogP contribution in [0.4, 0.5) is 17.5 Å². The van der Waals surface area contributed by atoms with Gasteiger partial charge in [0.05, 0.1) is 17.3 Å². The topological polar surface area (TPSA) is 78.5 Å². The number of hydrogen-bond donors (Lipinski definition) is 3. The van der Waals surface area contributed by atoms with Crippen molar-refractivity contribution >= 4 is 39.8 Å². The summed E-state index contributed by atoms with van der Waals surface area (Å²) < 4.78 is 0. The number of nitrogens with zero attached hydrogens (tertiary/aromatic N) is 3. The summed E-state index contributed by atoms with van der Waals surface area (Å²) in [6.07, 6.45) is 2.76. The molecule has 3 aromatic rings. The normalized spacial score (nSPS) is 10.8. The Labute approximate surface area is 114 Å². The molecule has 0 atom stereocenters. The fourth-order valence-electron chi connectivity index (χ4n) is 1.72. The third-order valence-electron chi connectivity index (χ3n) is 2.63. The number of rotatable bonds is 5. The summed E-state index contributed by atoms with van der Waals surface area (Å²) in [5, 5.41) is 18.3. The molecule has 0 amide bonds. The highest BCUT2D eigenvalue weighted by atomic mass is 32.1. The monoisotopic (exact) mass is 274 g/mol. The zero-order valence-corrected chi connectivity index (χ0v) is 11.3. The van der Waals surface area contributed by atoms with E-state index >= 15 is 0 Å². The van der Waals surface area contributed by atoms with Gasteiger partial charge in [-0.25, -0.2) is 0 Å². The van der Waals surface area contributed by atoms with Gasteiger partial charge < -0.3 is 10.6 Å². The van der Waals surface area contributed by atoms with Crippen molar-refractivity contribution in [2.75, 3.05) is 17.2 Å². The fraction of sp³-hybridized carbons (Fsp3) is 0.250. The van der Waals surface area contributed by atoms with Crippen molar-refractivity contribution in [1.82, 2.24) is 20.2 Å². The molecule has 3 aromatic heterocycles. The van der Waals surface area contributed by atoms with Gasteiger partial charge in [-0.1, -0.05) is 6.92 Å². The molecule has 0 radical (unpaired) electrons. The van der Waals surface area contributed by atoms with Crippen molar-refractivity contribution in [2.45, 2.75) is 13.3 Å². The van der Waals surface area contributed by atoms with Crippen LogP contribution in [0.1, 0.15) is 13.3 Å². The average molecular weight is 274 g/mol. The van der Waals surface area contributed by atoms with Crippen LogP contribution in [0.5, 0.6) is 0 Å². The highest BCUT2D eigenvalue weighted by molar-refractivity contribution is 7.08. The Morgan fingerprint density at radius 2 is 2.32 bits per heavy atom. The molecule has 0 aliphatic carbocycles. The van der Waals surface area contributed by atoms with Gasteiger partial charge in [-0.05, 0) is 17.9 Å². The van der Waals surface area contributed by atoms with Crippen LogP contribution < -0.4 is 10.6 Å². The first-order valence-corrected chi connectivity index (χ1v) is 7.05. The first-order valence-electron chi connectivity index (χ1n) is 6.11. The number of H-pyrrole nitrogens is 1. The smallest absolute Gasteiger partial charge is 0.226 e. The SMILES string of the molecule is CCCNc1nc(Nc2ccsc2)c2cn[nH]c2n1. The second-order valence-corrected chi connectivity index (χ2v) is 4.87. The largest absolute Gasteiger partial charge is 0.354 e. The first kappa shape index (κ1) is 11.9. The molecule has 0 aliphatic rings. The highest BCUT2D eigenvalue weighted by Crippen LogP contribution is 2.24. The van der Waals surface area contributed by atoms with E-state index in [9.17, 15) is 0 Å². The molecule has 0 spiro atoms. The zero-order chi connectivity index (χ0) is 13.1. The van der Waals surface area contributed by atoms with Gasteiger partial charge in [0, 0.05) is 11.9 Å². The van der Waals surface area contributed by atoms with Gasteiger partial charge >= 0.3 is 0 Å². The van der Waals surface area contributed by atoms with Crippen molar-refractivity contribution in [2.24, 2.45) is 0 Å². The summed E-state index contributed by atoms with van der Waals surface area (Å²) in [6.45, 7) is 2.95. The summed E-state index contributed by atoms with van der Waals surface area (Å²) in [7, 11) is 0. The number of aromatic amines is 1. The molecule has 3 N–H and O–H groups in total. The molecule has 98 valence electrons. The lowest BCUT2D eigenvalue weighted by atomic mass is 10.4. The lowest BCUT2D eigenvalue weighted by Crippen LogP contribution is -2.06. The van der Waals surface area contributed by atoms with Crippen LogP contribution in [0.2, 0.25) is 0 Å². The van der Waals surface area contributed by atoms with Crippen molar-refractivity contribution in [3.05, 3.63) is 23.0 Å². The van der Waals surface area contributed by atoms with E-state index in [4.69, 9.17) is 0 Å². The molecule has 3 heterocycles. The van der Waals surface area contributed by atoms with Crippen LogP contribution in [-0.4, -0.2) is 26.7 Å². The first-order chi connectivity index (χ1) is 9.36. The Morgan fingerprint density at radius 1 is 1.37 bits per heavy atom. The third kappa shape index (κ3) is 2.50. The standard InChI is InChI=1S/C12H14N6S/c1-2-4-13-12-16-10(15-8-3-5-19-7-8)9-6-14-18-11(9)17-12/h3,5-7H,2,4H2,1H3,(H3,13,14,15,16,17,18). The lowest BCUT2D eigenvalue weighted by Gasteiger charge is -2.08. The van der Waals surface area contributed by atoms with E-state index < -0.39 is 0 Å². The van der Waals surface area contributed by atoms with E-state index in [-0.39, 0.29) is 0 Å². The molecular formula is C12H14N6S. The summed E-state index contributed by atoms with van der Waals surface area (Å²) >= 11 is 1.64. The maximum atomic E-state index is 4.50. The molecule has 0 unspecified atom stereocenters. The maximum absolute atomic E-state index is 4.50. The predicted molar refractivity (Wildman–Crippen MR) is 78.1 cm³/mol. The van der Waals surface area contributed by atoms with Gasteiger partial charge in [-0.15, -0.1) is 0 Å². The van der Waals surface area contributed by atoms with Crippen molar-refractivity contribution in [1.29, 1.82) is 0 Å². The van der Waals surface area contributed by atoms with Crippen LogP contribution in [-0.2, 0) is 0 Å². The number of nitrogens with one attached hydrogen (secondary N) is 3. The number of fused-ring (bicyclic) bond motifs is 1.